The fourth-order valence-corrected chi connectivity index (χ4v) is 2.36. The molecule has 6 nitrogen and oxygen atoms in total. The molecule has 1 heterocycles. The number of nitrogens with one attached hydrogen (secondary N) is 2. The van der Waals surface area contributed by atoms with E-state index in [1.165, 1.54) is 18.5 Å². The summed E-state index contributed by atoms with van der Waals surface area (Å²) in [4.78, 5) is 20.2. The van der Waals surface area contributed by atoms with Crippen molar-refractivity contribution in [3.63, 3.8) is 0 Å². The summed E-state index contributed by atoms with van der Waals surface area (Å²) in [5, 5.41) is 5.20. The summed E-state index contributed by atoms with van der Waals surface area (Å²) in [5.74, 6) is -1.41. The van der Waals surface area contributed by atoms with Gasteiger partial charge in [0.1, 0.15) is 23.1 Å². The Kier molecular flexibility index (Phi) is 5.55. The van der Waals surface area contributed by atoms with Gasteiger partial charge in [-0.15, -0.1) is 0 Å². The SMILES string of the molecule is COc1ccccc1CNc1ncc(C(=O)Nc2c(F)cccc2F)cn1. The molecule has 138 valence electrons. The molecule has 8 heteroatoms. The lowest BCUT2D eigenvalue weighted by molar-refractivity contribution is 0.102. The van der Waals surface area contributed by atoms with Gasteiger partial charge in [-0.2, -0.15) is 0 Å². The van der Waals surface area contributed by atoms with Gasteiger partial charge in [0.15, 0.2) is 0 Å². The summed E-state index contributed by atoms with van der Waals surface area (Å²) in [5.41, 5.74) is 0.474. The van der Waals surface area contributed by atoms with Crippen LogP contribution >= 0.6 is 0 Å². The molecule has 0 atom stereocenters. The molecule has 3 aromatic rings. The molecule has 27 heavy (non-hydrogen) atoms. The number of aromatic nitrogens is 2. The number of carbonyl (C=O) groups excluding carboxylic acids is 1. The quantitative estimate of drug-likeness (QED) is 0.693. The zero-order valence-electron chi connectivity index (χ0n) is 14.4. The third kappa shape index (κ3) is 4.35. The van der Waals surface area contributed by atoms with Gasteiger partial charge in [0.2, 0.25) is 5.95 Å². The van der Waals surface area contributed by atoms with Crippen LogP contribution < -0.4 is 15.4 Å². The highest BCUT2D eigenvalue weighted by molar-refractivity contribution is 6.04. The smallest absolute Gasteiger partial charge is 0.258 e. The molecule has 1 aromatic heterocycles. The van der Waals surface area contributed by atoms with Crippen molar-refractivity contribution in [3.8, 4) is 5.75 Å². The number of hydrogen-bond donors (Lipinski definition) is 2. The van der Waals surface area contributed by atoms with Crippen LogP contribution in [0.15, 0.2) is 54.9 Å². The maximum Gasteiger partial charge on any atom is 0.258 e. The molecule has 0 saturated carbocycles. The zero-order valence-corrected chi connectivity index (χ0v) is 14.4. The highest BCUT2D eigenvalue weighted by atomic mass is 19.1. The molecule has 3 rings (SSSR count). The molecular weight excluding hydrogens is 354 g/mol. The van der Waals surface area contributed by atoms with Crippen LogP contribution in [0.4, 0.5) is 20.4 Å². The molecule has 2 aromatic carbocycles. The van der Waals surface area contributed by atoms with Gasteiger partial charge in [0.25, 0.3) is 5.91 Å². The van der Waals surface area contributed by atoms with Crippen LogP contribution in [0.1, 0.15) is 15.9 Å². The summed E-state index contributed by atoms with van der Waals surface area (Å²) in [6, 6.07) is 10.8. The Labute approximate surface area is 154 Å². The lowest BCUT2D eigenvalue weighted by Crippen LogP contribution is -2.15. The van der Waals surface area contributed by atoms with Crippen LogP contribution in [0.5, 0.6) is 5.75 Å². The van der Waals surface area contributed by atoms with E-state index in [2.05, 4.69) is 20.6 Å². The Balaban J connectivity index is 1.65. The summed E-state index contributed by atoms with van der Waals surface area (Å²) < 4.78 is 32.5. The number of methoxy groups -OCH3 is 1. The standard InChI is InChI=1S/C19H16F2N4O2/c1-27-16-8-3-2-5-12(16)9-22-19-23-10-13(11-24-19)18(26)25-17-14(20)6-4-7-15(17)21/h2-8,10-11H,9H2,1H3,(H,25,26)(H,22,23,24). The summed E-state index contributed by atoms with van der Waals surface area (Å²) in [7, 11) is 1.58. The lowest BCUT2D eigenvalue weighted by atomic mass is 10.2. The van der Waals surface area contributed by atoms with E-state index in [0.29, 0.717) is 12.5 Å². The number of rotatable bonds is 6. The molecule has 0 spiro atoms. The van der Waals surface area contributed by atoms with Crippen LogP contribution in [0.2, 0.25) is 0 Å². The maximum absolute atomic E-state index is 13.6. The lowest BCUT2D eigenvalue weighted by Gasteiger charge is -2.10. The fraction of sp³-hybridized carbons (Fsp3) is 0.105. The Morgan fingerprint density at radius 2 is 1.70 bits per heavy atom. The van der Waals surface area contributed by atoms with Crippen LogP contribution in [0.3, 0.4) is 0 Å². The first-order chi connectivity index (χ1) is 13.1. The van der Waals surface area contributed by atoms with E-state index in [1.54, 1.807) is 7.11 Å². The molecule has 0 radical (unpaired) electrons. The summed E-state index contributed by atoms with van der Waals surface area (Å²) >= 11 is 0. The molecule has 0 aliphatic heterocycles. The Morgan fingerprint density at radius 1 is 1.04 bits per heavy atom. The highest BCUT2D eigenvalue weighted by Gasteiger charge is 2.14. The van der Waals surface area contributed by atoms with Gasteiger partial charge in [-0.25, -0.2) is 18.7 Å². The molecule has 0 saturated heterocycles. The number of ether oxygens (including phenoxy) is 1. The van der Waals surface area contributed by atoms with Gasteiger partial charge in [-0.05, 0) is 18.2 Å². The average Bonchev–Trinajstić information content (AvgIpc) is 2.69. The number of para-hydroxylation sites is 2. The average molecular weight is 370 g/mol. The Hall–Kier alpha value is -3.55. The topological polar surface area (TPSA) is 76.1 Å². The van der Waals surface area contributed by atoms with E-state index in [1.807, 2.05) is 24.3 Å². The predicted molar refractivity (Wildman–Crippen MR) is 96.7 cm³/mol. The van der Waals surface area contributed by atoms with Crippen molar-refractivity contribution in [2.75, 3.05) is 17.7 Å². The van der Waals surface area contributed by atoms with Gasteiger partial charge in [0.05, 0.1) is 12.7 Å². The highest BCUT2D eigenvalue weighted by Crippen LogP contribution is 2.19. The number of anilines is 2. The third-order valence-corrected chi connectivity index (χ3v) is 3.74. The Bertz CT molecular complexity index is 928. The van der Waals surface area contributed by atoms with Gasteiger partial charge < -0.3 is 15.4 Å². The maximum atomic E-state index is 13.6. The molecule has 0 fully saturated rings. The molecular formula is C19H16F2N4O2. The fourth-order valence-electron chi connectivity index (χ4n) is 2.36. The van der Waals surface area contributed by atoms with E-state index < -0.39 is 23.2 Å². The number of nitrogens with zero attached hydrogens (tertiary/aromatic N) is 2. The van der Waals surface area contributed by atoms with E-state index in [9.17, 15) is 13.6 Å². The zero-order chi connectivity index (χ0) is 19.2. The Morgan fingerprint density at radius 3 is 2.37 bits per heavy atom. The second-order valence-corrected chi connectivity index (χ2v) is 5.51. The van der Waals surface area contributed by atoms with Gasteiger partial charge >= 0.3 is 0 Å². The second-order valence-electron chi connectivity index (χ2n) is 5.51. The van der Waals surface area contributed by atoms with Crippen molar-refractivity contribution in [3.05, 3.63) is 77.6 Å². The minimum Gasteiger partial charge on any atom is -0.496 e. The van der Waals surface area contributed by atoms with E-state index in [0.717, 1.165) is 23.4 Å². The van der Waals surface area contributed by atoms with Gasteiger partial charge in [0, 0.05) is 24.5 Å². The van der Waals surface area contributed by atoms with Crippen molar-refractivity contribution < 1.29 is 18.3 Å². The number of benzene rings is 2. The minimum absolute atomic E-state index is 0.0699. The van der Waals surface area contributed by atoms with Crippen molar-refractivity contribution in [2.24, 2.45) is 0 Å². The van der Waals surface area contributed by atoms with E-state index in [4.69, 9.17) is 4.74 Å². The normalized spacial score (nSPS) is 10.3. The van der Waals surface area contributed by atoms with Crippen molar-refractivity contribution in [1.82, 2.24) is 9.97 Å². The molecule has 0 aliphatic rings. The van der Waals surface area contributed by atoms with E-state index in [-0.39, 0.29) is 5.56 Å². The van der Waals surface area contributed by atoms with Crippen molar-refractivity contribution >= 4 is 17.5 Å². The van der Waals surface area contributed by atoms with Crippen LogP contribution in [-0.4, -0.2) is 23.0 Å². The first-order valence-corrected chi connectivity index (χ1v) is 8.01. The predicted octanol–water partition coefficient (Wildman–Crippen LogP) is 3.63. The number of hydrogen-bond acceptors (Lipinski definition) is 5. The molecule has 0 unspecified atom stereocenters. The van der Waals surface area contributed by atoms with Crippen molar-refractivity contribution in [1.29, 1.82) is 0 Å². The molecule has 0 bridgehead atoms. The monoisotopic (exact) mass is 370 g/mol. The van der Waals surface area contributed by atoms with Crippen LogP contribution in [-0.2, 0) is 6.54 Å². The van der Waals surface area contributed by atoms with Crippen molar-refractivity contribution in [2.45, 2.75) is 6.54 Å². The largest absolute Gasteiger partial charge is 0.496 e. The second kappa shape index (κ2) is 8.22. The molecule has 0 aliphatic carbocycles. The molecule has 1 amide bonds. The first kappa shape index (κ1) is 18.2. The number of amides is 1. The molecule has 2 N–H and O–H groups in total. The number of carbonyl (C=O) groups is 1. The summed E-state index contributed by atoms with van der Waals surface area (Å²) in [6.07, 6.45) is 2.54. The van der Waals surface area contributed by atoms with E-state index >= 15 is 0 Å². The summed E-state index contributed by atoms with van der Waals surface area (Å²) in [6.45, 7) is 0.427. The third-order valence-electron chi connectivity index (χ3n) is 3.74. The minimum atomic E-state index is -0.862. The van der Waals surface area contributed by atoms with Crippen LogP contribution in [0, 0.1) is 11.6 Å². The van der Waals surface area contributed by atoms with Crippen LogP contribution in [0.25, 0.3) is 0 Å². The van der Waals surface area contributed by atoms with Gasteiger partial charge in [-0.3, -0.25) is 4.79 Å². The van der Waals surface area contributed by atoms with Gasteiger partial charge in [-0.1, -0.05) is 24.3 Å². The first-order valence-electron chi connectivity index (χ1n) is 8.01. The number of halogens is 2.